The summed E-state index contributed by atoms with van der Waals surface area (Å²) in [6.45, 7) is 0.311. The minimum Gasteiger partial charge on any atom is -0.463 e. The predicted octanol–water partition coefficient (Wildman–Crippen LogP) is 1.64. The van der Waals surface area contributed by atoms with Gasteiger partial charge in [-0.2, -0.15) is 0 Å². The third kappa shape index (κ3) is 2.75. The second-order valence-electron chi connectivity index (χ2n) is 4.04. The van der Waals surface area contributed by atoms with Gasteiger partial charge in [-0.3, -0.25) is 4.79 Å². The van der Waals surface area contributed by atoms with Gasteiger partial charge in [0.25, 0.3) is 0 Å². The Labute approximate surface area is 122 Å². The van der Waals surface area contributed by atoms with Crippen molar-refractivity contribution in [3.8, 4) is 0 Å². The standard InChI is InChI=1S/C12H10N2O4S2/c15-9(18-8-1-3-17-12(8)16)5-20-11-7-2-4-19-10(7)13-6-14-11/h2,4,6,8H,1,3,5H2/t8-/m0/s1. The Kier molecular flexibility index (Phi) is 3.83. The molecule has 0 radical (unpaired) electrons. The molecule has 1 atom stereocenters. The fraction of sp³-hybridized carbons (Fsp3) is 0.333. The van der Waals surface area contributed by atoms with Crippen LogP contribution in [0.25, 0.3) is 10.2 Å². The van der Waals surface area contributed by atoms with Crippen LogP contribution in [-0.4, -0.2) is 40.4 Å². The van der Waals surface area contributed by atoms with Gasteiger partial charge in [-0.15, -0.1) is 11.3 Å². The predicted molar refractivity (Wildman–Crippen MR) is 73.6 cm³/mol. The number of thiophene rings is 1. The molecule has 1 fully saturated rings. The number of hydrogen-bond donors (Lipinski definition) is 0. The maximum absolute atomic E-state index is 11.7. The first-order valence-corrected chi connectivity index (χ1v) is 7.77. The maximum atomic E-state index is 11.7. The van der Waals surface area contributed by atoms with E-state index in [0.29, 0.717) is 13.0 Å². The SMILES string of the molecule is O=C(CSc1ncnc2sccc12)O[C@H]1CCOC1=O. The number of carbonyl (C=O) groups excluding carboxylic acids is 2. The summed E-state index contributed by atoms with van der Waals surface area (Å²) in [5, 5.41) is 3.59. The average molecular weight is 310 g/mol. The summed E-state index contributed by atoms with van der Waals surface area (Å²) in [5.41, 5.74) is 0. The average Bonchev–Trinajstić information content (AvgIpc) is 3.06. The van der Waals surface area contributed by atoms with Gasteiger partial charge in [0.05, 0.1) is 12.4 Å². The zero-order chi connectivity index (χ0) is 13.9. The van der Waals surface area contributed by atoms with Gasteiger partial charge in [0.15, 0.2) is 0 Å². The molecule has 0 aromatic carbocycles. The lowest BCUT2D eigenvalue weighted by Gasteiger charge is -2.07. The molecule has 6 nitrogen and oxygen atoms in total. The number of nitrogens with zero attached hydrogens (tertiary/aromatic N) is 2. The molecule has 2 aromatic heterocycles. The number of esters is 2. The van der Waals surface area contributed by atoms with Gasteiger partial charge in [0, 0.05) is 11.8 Å². The highest BCUT2D eigenvalue weighted by Gasteiger charge is 2.30. The van der Waals surface area contributed by atoms with Crippen molar-refractivity contribution >= 4 is 45.3 Å². The Morgan fingerprint density at radius 1 is 1.55 bits per heavy atom. The number of carbonyl (C=O) groups is 2. The van der Waals surface area contributed by atoms with E-state index >= 15 is 0 Å². The lowest BCUT2D eigenvalue weighted by atomic mass is 10.3. The molecule has 20 heavy (non-hydrogen) atoms. The highest BCUT2D eigenvalue weighted by Crippen LogP contribution is 2.27. The summed E-state index contributed by atoms with van der Waals surface area (Å²) in [7, 11) is 0. The van der Waals surface area contributed by atoms with E-state index in [9.17, 15) is 9.59 Å². The van der Waals surface area contributed by atoms with Crippen LogP contribution in [0.1, 0.15) is 6.42 Å². The van der Waals surface area contributed by atoms with Gasteiger partial charge in [0.2, 0.25) is 6.10 Å². The quantitative estimate of drug-likeness (QED) is 0.482. The second-order valence-corrected chi connectivity index (χ2v) is 5.90. The molecule has 104 valence electrons. The smallest absolute Gasteiger partial charge is 0.347 e. The number of aromatic nitrogens is 2. The Morgan fingerprint density at radius 2 is 2.45 bits per heavy atom. The fourth-order valence-electron chi connectivity index (χ4n) is 1.79. The van der Waals surface area contributed by atoms with Crippen LogP contribution >= 0.6 is 23.1 Å². The summed E-state index contributed by atoms with van der Waals surface area (Å²) < 4.78 is 9.80. The Balaban J connectivity index is 1.60. The number of ether oxygens (including phenoxy) is 2. The highest BCUT2D eigenvalue weighted by atomic mass is 32.2. The summed E-state index contributed by atoms with van der Waals surface area (Å²) in [6, 6.07) is 1.92. The maximum Gasteiger partial charge on any atom is 0.347 e. The van der Waals surface area contributed by atoms with Crippen LogP contribution in [0.2, 0.25) is 0 Å². The van der Waals surface area contributed by atoms with Crippen LogP contribution < -0.4 is 0 Å². The van der Waals surface area contributed by atoms with Gasteiger partial charge < -0.3 is 9.47 Å². The van der Waals surface area contributed by atoms with Crippen LogP contribution in [0.5, 0.6) is 0 Å². The van der Waals surface area contributed by atoms with Gasteiger partial charge in [-0.1, -0.05) is 11.8 Å². The molecule has 1 saturated heterocycles. The monoisotopic (exact) mass is 310 g/mol. The molecule has 1 aliphatic heterocycles. The van der Waals surface area contributed by atoms with E-state index in [-0.39, 0.29) is 5.75 Å². The van der Waals surface area contributed by atoms with Gasteiger partial charge in [-0.05, 0) is 11.4 Å². The molecule has 3 rings (SSSR count). The molecular formula is C12H10N2O4S2. The minimum absolute atomic E-state index is 0.103. The molecule has 0 N–H and O–H groups in total. The third-order valence-corrected chi connectivity index (χ3v) is 4.51. The van der Waals surface area contributed by atoms with E-state index < -0.39 is 18.0 Å². The lowest BCUT2D eigenvalue weighted by molar-refractivity contribution is -0.158. The van der Waals surface area contributed by atoms with E-state index in [2.05, 4.69) is 9.97 Å². The number of hydrogen-bond acceptors (Lipinski definition) is 8. The highest BCUT2D eigenvalue weighted by molar-refractivity contribution is 8.00. The third-order valence-electron chi connectivity index (χ3n) is 2.71. The molecule has 0 aliphatic carbocycles. The summed E-state index contributed by atoms with van der Waals surface area (Å²) in [5.74, 6) is -0.808. The van der Waals surface area contributed by atoms with Crippen LogP contribution in [0.15, 0.2) is 22.8 Å². The largest absolute Gasteiger partial charge is 0.463 e. The zero-order valence-corrected chi connectivity index (χ0v) is 11.9. The van der Waals surface area contributed by atoms with E-state index in [1.54, 1.807) is 0 Å². The van der Waals surface area contributed by atoms with Crippen molar-refractivity contribution in [1.82, 2.24) is 9.97 Å². The molecule has 0 amide bonds. The molecule has 1 aliphatic rings. The van der Waals surface area contributed by atoms with Gasteiger partial charge in [-0.25, -0.2) is 14.8 Å². The molecule has 8 heteroatoms. The van der Waals surface area contributed by atoms with Crippen molar-refractivity contribution < 1.29 is 19.1 Å². The second kappa shape index (κ2) is 5.76. The first-order chi connectivity index (χ1) is 9.74. The van der Waals surface area contributed by atoms with Crippen LogP contribution in [0, 0.1) is 0 Å². The van der Waals surface area contributed by atoms with Crippen molar-refractivity contribution in [2.45, 2.75) is 17.6 Å². The molecule has 3 heterocycles. The Bertz CT molecular complexity index is 658. The zero-order valence-electron chi connectivity index (χ0n) is 10.3. The van der Waals surface area contributed by atoms with E-state index in [1.807, 2.05) is 11.4 Å². The minimum atomic E-state index is -0.755. The molecule has 0 saturated carbocycles. The molecule has 2 aromatic rings. The van der Waals surface area contributed by atoms with Crippen molar-refractivity contribution in [2.75, 3.05) is 12.4 Å². The summed E-state index contributed by atoms with van der Waals surface area (Å²) in [4.78, 5) is 32.1. The molecular weight excluding hydrogens is 300 g/mol. The normalized spacial score (nSPS) is 18.2. The first kappa shape index (κ1) is 13.3. The van der Waals surface area contributed by atoms with Gasteiger partial charge >= 0.3 is 11.9 Å². The topological polar surface area (TPSA) is 78.4 Å². The molecule has 0 spiro atoms. The van der Waals surface area contributed by atoms with Crippen molar-refractivity contribution in [3.63, 3.8) is 0 Å². The van der Waals surface area contributed by atoms with Crippen LogP contribution in [-0.2, 0) is 19.1 Å². The Morgan fingerprint density at radius 3 is 3.25 bits per heavy atom. The molecule has 0 unspecified atom stereocenters. The first-order valence-electron chi connectivity index (χ1n) is 5.91. The van der Waals surface area contributed by atoms with Crippen molar-refractivity contribution in [1.29, 1.82) is 0 Å². The van der Waals surface area contributed by atoms with Crippen molar-refractivity contribution in [2.24, 2.45) is 0 Å². The number of cyclic esters (lactones) is 1. The molecule has 0 bridgehead atoms. The van der Waals surface area contributed by atoms with E-state index in [0.717, 1.165) is 15.2 Å². The van der Waals surface area contributed by atoms with E-state index in [1.165, 1.54) is 29.4 Å². The van der Waals surface area contributed by atoms with Crippen LogP contribution in [0.4, 0.5) is 0 Å². The lowest BCUT2D eigenvalue weighted by Crippen LogP contribution is -2.23. The van der Waals surface area contributed by atoms with Crippen LogP contribution in [0.3, 0.4) is 0 Å². The number of fused-ring (bicyclic) bond motifs is 1. The van der Waals surface area contributed by atoms with Crippen molar-refractivity contribution in [3.05, 3.63) is 17.8 Å². The summed E-state index contributed by atoms with van der Waals surface area (Å²) >= 11 is 2.80. The van der Waals surface area contributed by atoms with E-state index in [4.69, 9.17) is 9.47 Å². The number of rotatable bonds is 4. The van der Waals surface area contributed by atoms with Gasteiger partial charge in [0.1, 0.15) is 16.2 Å². The Hall–Kier alpha value is -1.67. The number of thioether (sulfide) groups is 1. The summed E-state index contributed by atoms with van der Waals surface area (Å²) in [6.07, 6.45) is 1.15. The fourth-order valence-corrected chi connectivity index (χ4v) is 3.35.